The first-order chi connectivity index (χ1) is 6.48. The first kappa shape index (κ1) is 11.0. The van der Waals surface area contributed by atoms with Gasteiger partial charge in [-0.25, -0.2) is 14.8 Å². The summed E-state index contributed by atoms with van der Waals surface area (Å²) in [7, 11) is 0.885. The van der Waals surface area contributed by atoms with Crippen molar-refractivity contribution in [3.8, 4) is 0 Å². The van der Waals surface area contributed by atoms with E-state index in [-0.39, 0.29) is 4.73 Å². The fourth-order valence-electron chi connectivity index (χ4n) is 0.720. The molecule has 0 aliphatic rings. The molecule has 14 heavy (non-hydrogen) atoms. The van der Waals surface area contributed by atoms with E-state index in [1.165, 1.54) is 0 Å². The first-order valence-corrected chi connectivity index (χ1v) is 4.22. The fourth-order valence-corrected chi connectivity index (χ4v) is 0.925. The summed E-state index contributed by atoms with van der Waals surface area (Å²) in [5.74, 6) is -5.35. The molecule has 0 unspecified atom stereocenters. The normalized spacial score (nSPS) is 11.1. The van der Waals surface area contributed by atoms with Gasteiger partial charge in [-0.3, -0.25) is 0 Å². The van der Waals surface area contributed by atoms with Crippen molar-refractivity contribution in [2.45, 2.75) is 5.92 Å². The van der Waals surface area contributed by atoms with Crippen LogP contribution in [0, 0.1) is 0 Å². The second kappa shape index (κ2) is 3.95. The van der Waals surface area contributed by atoms with Crippen LogP contribution in [-0.4, -0.2) is 23.0 Å². The SMILES string of the molecule is COC(=O)C(F)(F)c1cnc(Br)nc1. The number of carbonyl (C=O) groups is 1. The second-order valence-electron chi connectivity index (χ2n) is 2.31. The number of halogens is 3. The number of esters is 1. The molecule has 7 heteroatoms. The van der Waals surface area contributed by atoms with Gasteiger partial charge in [0.25, 0.3) is 0 Å². The Morgan fingerprint density at radius 1 is 1.50 bits per heavy atom. The monoisotopic (exact) mass is 266 g/mol. The van der Waals surface area contributed by atoms with Crippen LogP contribution in [0.25, 0.3) is 0 Å². The van der Waals surface area contributed by atoms with Crippen molar-refractivity contribution in [2.24, 2.45) is 0 Å². The molecular formula is C7H5BrF2N2O2. The third kappa shape index (κ3) is 2.03. The van der Waals surface area contributed by atoms with Gasteiger partial charge in [-0.2, -0.15) is 8.78 Å². The van der Waals surface area contributed by atoms with Gasteiger partial charge in [-0.05, 0) is 15.9 Å². The summed E-state index contributed by atoms with van der Waals surface area (Å²) < 4.78 is 30.3. The molecule has 1 aromatic rings. The molecule has 0 aliphatic carbocycles. The van der Waals surface area contributed by atoms with E-state index in [4.69, 9.17) is 0 Å². The predicted molar refractivity (Wildman–Crippen MR) is 45.6 cm³/mol. The van der Waals surface area contributed by atoms with Crippen molar-refractivity contribution in [3.63, 3.8) is 0 Å². The van der Waals surface area contributed by atoms with Gasteiger partial charge >= 0.3 is 11.9 Å². The van der Waals surface area contributed by atoms with Crippen LogP contribution in [0.3, 0.4) is 0 Å². The van der Waals surface area contributed by atoms with Crippen molar-refractivity contribution in [2.75, 3.05) is 7.11 Å². The van der Waals surface area contributed by atoms with E-state index < -0.39 is 17.5 Å². The van der Waals surface area contributed by atoms with Crippen LogP contribution in [0.15, 0.2) is 17.1 Å². The van der Waals surface area contributed by atoms with E-state index in [2.05, 4.69) is 30.6 Å². The highest BCUT2D eigenvalue weighted by Crippen LogP contribution is 2.28. The van der Waals surface area contributed by atoms with Crippen molar-refractivity contribution in [1.29, 1.82) is 0 Å². The Bertz CT molecular complexity index is 342. The van der Waals surface area contributed by atoms with Crippen LogP contribution in [-0.2, 0) is 15.5 Å². The highest BCUT2D eigenvalue weighted by molar-refractivity contribution is 9.10. The fraction of sp³-hybridized carbons (Fsp3) is 0.286. The van der Waals surface area contributed by atoms with Crippen molar-refractivity contribution >= 4 is 21.9 Å². The molecule has 0 bridgehead atoms. The average molecular weight is 267 g/mol. The Balaban J connectivity index is 3.03. The average Bonchev–Trinajstić information content (AvgIpc) is 2.17. The lowest BCUT2D eigenvalue weighted by atomic mass is 10.2. The highest BCUT2D eigenvalue weighted by atomic mass is 79.9. The Labute approximate surface area is 86.4 Å². The van der Waals surface area contributed by atoms with Crippen molar-refractivity contribution < 1.29 is 18.3 Å². The molecule has 1 aromatic heterocycles. The molecule has 1 heterocycles. The molecule has 76 valence electrons. The standard InChI is InChI=1S/C7H5BrF2N2O2/c1-14-5(13)7(9,10)4-2-11-6(8)12-3-4/h2-3H,1H3. The Morgan fingerprint density at radius 2 is 2.00 bits per heavy atom. The van der Waals surface area contributed by atoms with E-state index in [0.717, 1.165) is 19.5 Å². The maximum absolute atomic E-state index is 13.1. The van der Waals surface area contributed by atoms with Gasteiger partial charge in [-0.1, -0.05) is 0 Å². The molecule has 0 amide bonds. The molecule has 0 fully saturated rings. The van der Waals surface area contributed by atoms with E-state index in [9.17, 15) is 13.6 Å². The van der Waals surface area contributed by atoms with Crippen LogP contribution >= 0.6 is 15.9 Å². The summed E-state index contributed by atoms with van der Waals surface area (Å²) in [6.07, 6.45) is 1.71. The molecule has 0 saturated carbocycles. The predicted octanol–water partition coefficient (Wildman–Crippen LogP) is 1.50. The van der Waals surface area contributed by atoms with Gasteiger partial charge in [0.2, 0.25) is 0 Å². The molecule has 0 aliphatic heterocycles. The molecule has 1 rings (SSSR count). The second-order valence-corrected chi connectivity index (χ2v) is 3.02. The lowest BCUT2D eigenvalue weighted by molar-refractivity contribution is -0.170. The third-order valence-electron chi connectivity index (χ3n) is 1.42. The zero-order valence-electron chi connectivity index (χ0n) is 7.00. The van der Waals surface area contributed by atoms with Crippen LogP contribution in [0.5, 0.6) is 0 Å². The number of hydrogen-bond donors (Lipinski definition) is 0. The van der Waals surface area contributed by atoms with E-state index in [1.807, 2.05) is 0 Å². The number of methoxy groups -OCH3 is 1. The number of ether oxygens (including phenoxy) is 1. The van der Waals surface area contributed by atoms with E-state index in [0.29, 0.717) is 0 Å². The third-order valence-corrected chi connectivity index (χ3v) is 1.83. The lowest BCUT2D eigenvalue weighted by Crippen LogP contribution is -2.27. The summed E-state index contributed by atoms with van der Waals surface area (Å²) in [6, 6.07) is 0. The molecule has 0 saturated heterocycles. The number of nitrogens with zero attached hydrogens (tertiary/aromatic N) is 2. The van der Waals surface area contributed by atoms with Gasteiger partial charge in [0.15, 0.2) is 4.73 Å². The summed E-state index contributed by atoms with van der Waals surface area (Å²) >= 11 is 2.88. The zero-order valence-corrected chi connectivity index (χ0v) is 8.59. The van der Waals surface area contributed by atoms with Crippen LogP contribution < -0.4 is 0 Å². The minimum absolute atomic E-state index is 0.168. The zero-order chi connectivity index (χ0) is 10.8. The lowest BCUT2D eigenvalue weighted by Gasteiger charge is -2.12. The van der Waals surface area contributed by atoms with Gasteiger partial charge in [0, 0.05) is 12.4 Å². The number of alkyl halides is 2. The highest BCUT2D eigenvalue weighted by Gasteiger charge is 2.43. The van der Waals surface area contributed by atoms with Crippen molar-refractivity contribution in [1.82, 2.24) is 9.97 Å². The maximum atomic E-state index is 13.1. The Kier molecular flexibility index (Phi) is 3.10. The molecular weight excluding hydrogens is 262 g/mol. The van der Waals surface area contributed by atoms with Gasteiger partial charge in [0.05, 0.1) is 12.7 Å². The quantitative estimate of drug-likeness (QED) is 0.602. The summed E-state index contributed by atoms with van der Waals surface area (Å²) in [5.41, 5.74) is -0.604. The molecule has 0 N–H and O–H groups in total. The molecule has 0 radical (unpaired) electrons. The molecule has 0 atom stereocenters. The van der Waals surface area contributed by atoms with Crippen LogP contribution in [0.4, 0.5) is 8.78 Å². The molecule has 4 nitrogen and oxygen atoms in total. The van der Waals surface area contributed by atoms with Gasteiger partial charge in [-0.15, -0.1) is 0 Å². The van der Waals surface area contributed by atoms with E-state index in [1.54, 1.807) is 0 Å². The smallest absolute Gasteiger partial charge is 0.381 e. The Morgan fingerprint density at radius 3 is 2.43 bits per heavy atom. The summed E-state index contributed by atoms with van der Waals surface area (Å²) in [6.45, 7) is 0. The minimum atomic E-state index is -3.71. The minimum Gasteiger partial charge on any atom is -0.464 e. The summed E-state index contributed by atoms with van der Waals surface area (Å²) in [5, 5.41) is 0. The van der Waals surface area contributed by atoms with Gasteiger partial charge < -0.3 is 4.74 Å². The van der Waals surface area contributed by atoms with Crippen LogP contribution in [0.2, 0.25) is 0 Å². The maximum Gasteiger partial charge on any atom is 0.381 e. The molecule has 0 spiro atoms. The number of carbonyl (C=O) groups excluding carboxylic acids is 1. The molecule has 0 aromatic carbocycles. The van der Waals surface area contributed by atoms with Gasteiger partial charge in [0.1, 0.15) is 0 Å². The van der Waals surface area contributed by atoms with Crippen LogP contribution in [0.1, 0.15) is 5.56 Å². The number of aromatic nitrogens is 2. The van der Waals surface area contributed by atoms with Crippen molar-refractivity contribution in [3.05, 3.63) is 22.7 Å². The topological polar surface area (TPSA) is 52.1 Å². The largest absolute Gasteiger partial charge is 0.464 e. The summed E-state index contributed by atoms with van der Waals surface area (Å²) in [4.78, 5) is 17.6. The number of rotatable bonds is 2. The number of hydrogen-bond acceptors (Lipinski definition) is 4. The van der Waals surface area contributed by atoms with E-state index >= 15 is 0 Å². The first-order valence-electron chi connectivity index (χ1n) is 3.42. The Hall–Kier alpha value is -1.11.